The average Bonchev–Trinajstić information content (AvgIpc) is 2.35. The van der Waals surface area contributed by atoms with E-state index in [4.69, 9.17) is 15.2 Å². The van der Waals surface area contributed by atoms with E-state index in [2.05, 4.69) is 0 Å². The SMILES string of the molecule is CCOc1cc([C@H](N)CCC(F)(F)F)ccc1OC.Cl. The average molecular weight is 314 g/mol. The van der Waals surface area contributed by atoms with Crippen LogP contribution in [0.1, 0.15) is 31.4 Å². The van der Waals surface area contributed by atoms with Crippen LogP contribution in [-0.4, -0.2) is 19.9 Å². The molecule has 0 aliphatic carbocycles. The van der Waals surface area contributed by atoms with Gasteiger partial charge in [-0.05, 0) is 31.0 Å². The summed E-state index contributed by atoms with van der Waals surface area (Å²) in [7, 11) is 1.50. The van der Waals surface area contributed by atoms with E-state index in [9.17, 15) is 13.2 Å². The largest absolute Gasteiger partial charge is 0.493 e. The van der Waals surface area contributed by atoms with Crippen LogP contribution in [0, 0.1) is 0 Å². The van der Waals surface area contributed by atoms with Gasteiger partial charge in [0.1, 0.15) is 0 Å². The van der Waals surface area contributed by atoms with Crippen molar-refractivity contribution in [1.29, 1.82) is 0 Å². The second-order valence-electron chi connectivity index (χ2n) is 4.10. The minimum atomic E-state index is -4.19. The third-order valence-electron chi connectivity index (χ3n) is 2.65. The number of alkyl halides is 3. The number of halogens is 4. The highest BCUT2D eigenvalue weighted by molar-refractivity contribution is 5.85. The summed E-state index contributed by atoms with van der Waals surface area (Å²) in [6.45, 7) is 2.26. The van der Waals surface area contributed by atoms with Crippen molar-refractivity contribution in [2.75, 3.05) is 13.7 Å². The van der Waals surface area contributed by atoms with Crippen molar-refractivity contribution in [1.82, 2.24) is 0 Å². The third kappa shape index (κ3) is 5.88. The minimum Gasteiger partial charge on any atom is -0.493 e. The summed E-state index contributed by atoms with van der Waals surface area (Å²) in [5, 5.41) is 0. The van der Waals surface area contributed by atoms with Crippen molar-refractivity contribution in [3.05, 3.63) is 23.8 Å². The molecule has 1 atom stereocenters. The van der Waals surface area contributed by atoms with Crippen LogP contribution in [-0.2, 0) is 0 Å². The number of hydrogen-bond acceptors (Lipinski definition) is 3. The van der Waals surface area contributed by atoms with Crippen molar-refractivity contribution in [3.8, 4) is 11.5 Å². The molecule has 0 aromatic heterocycles. The van der Waals surface area contributed by atoms with Crippen LogP contribution in [0.2, 0.25) is 0 Å². The molecular formula is C13H19ClF3NO2. The number of benzene rings is 1. The Balaban J connectivity index is 0.00000361. The summed E-state index contributed by atoms with van der Waals surface area (Å²) in [6, 6.07) is 4.26. The number of rotatable bonds is 6. The van der Waals surface area contributed by atoms with Crippen molar-refractivity contribution in [2.45, 2.75) is 32.0 Å². The predicted molar refractivity (Wildman–Crippen MR) is 73.6 cm³/mol. The van der Waals surface area contributed by atoms with Crippen molar-refractivity contribution in [3.63, 3.8) is 0 Å². The summed E-state index contributed by atoms with van der Waals surface area (Å²) >= 11 is 0. The molecule has 7 heteroatoms. The second-order valence-corrected chi connectivity index (χ2v) is 4.10. The molecule has 0 fully saturated rings. The van der Waals surface area contributed by atoms with Crippen molar-refractivity contribution in [2.24, 2.45) is 5.73 Å². The second kappa shape index (κ2) is 8.21. The molecule has 0 radical (unpaired) electrons. The maximum Gasteiger partial charge on any atom is 0.389 e. The Morgan fingerprint density at radius 3 is 2.40 bits per heavy atom. The molecule has 116 valence electrons. The van der Waals surface area contributed by atoms with E-state index in [1.54, 1.807) is 18.2 Å². The first-order chi connectivity index (χ1) is 8.87. The molecule has 0 saturated carbocycles. The molecule has 0 spiro atoms. The number of nitrogens with two attached hydrogens (primary N) is 1. The molecule has 3 nitrogen and oxygen atoms in total. The molecule has 1 rings (SSSR count). The molecule has 1 aromatic carbocycles. The highest BCUT2D eigenvalue weighted by atomic mass is 35.5. The smallest absolute Gasteiger partial charge is 0.389 e. The van der Waals surface area contributed by atoms with Gasteiger partial charge in [0, 0.05) is 12.5 Å². The molecule has 0 bridgehead atoms. The zero-order valence-electron chi connectivity index (χ0n) is 11.4. The van der Waals surface area contributed by atoms with E-state index in [-0.39, 0.29) is 18.8 Å². The first kappa shape index (κ1) is 18.9. The van der Waals surface area contributed by atoms with Crippen LogP contribution < -0.4 is 15.2 Å². The fraction of sp³-hybridized carbons (Fsp3) is 0.538. The Labute approximate surface area is 122 Å². The molecule has 20 heavy (non-hydrogen) atoms. The van der Waals surface area contributed by atoms with Gasteiger partial charge in [0.2, 0.25) is 0 Å². The van der Waals surface area contributed by atoms with Gasteiger partial charge in [0.25, 0.3) is 0 Å². The molecule has 0 saturated heterocycles. The van der Waals surface area contributed by atoms with Crippen LogP contribution in [0.3, 0.4) is 0 Å². The molecule has 0 aliphatic heterocycles. The highest BCUT2D eigenvalue weighted by Crippen LogP contribution is 2.32. The van der Waals surface area contributed by atoms with Crippen molar-refractivity contribution < 1.29 is 22.6 Å². The fourth-order valence-electron chi connectivity index (χ4n) is 1.68. The Hall–Kier alpha value is -1.14. The summed E-state index contributed by atoms with van der Waals surface area (Å²) in [5.74, 6) is 1.03. The Kier molecular flexibility index (Phi) is 7.75. The molecule has 0 amide bonds. The van der Waals surface area contributed by atoms with E-state index in [1.165, 1.54) is 7.11 Å². The first-order valence-corrected chi connectivity index (χ1v) is 6.00. The van der Waals surface area contributed by atoms with E-state index in [0.29, 0.717) is 23.7 Å². The summed E-state index contributed by atoms with van der Waals surface area (Å²) in [4.78, 5) is 0. The van der Waals surface area contributed by atoms with Gasteiger partial charge in [-0.2, -0.15) is 13.2 Å². The van der Waals surface area contributed by atoms with Gasteiger partial charge in [-0.1, -0.05) is 6.07 Å². The summed E-state index contributed by atoms with van der Waals surface area (Å²) in [6.07, 6.45) is -5.24. The lowest BCUT2D eigenvalue weighted by Gasteiger charge is -2.16. The van der Waals surface area contributed by atoms with Crippen LogP contribution in [0.15, 0.2) is 18.2 Å². The lowest BCUT2D eigenvalue weighted by Crippen LogP contribution is -2.16. The monoisotopic (exact) mass is 313 g/mol. The molecule has 0 aliphatic rings. The lowest BCUT2D eigenvalue weighted by atomic mass is 10.0. The van der Waals surface area contributed by atoms with E-state index in [0.717, 1.165) is 0 Å². The number of ether oxygens (including phenoxy) is 2. The fourth-order valence-corrected chi connectivity index (χ4v) is 1.68. The molecule has 2 N–H and O–H groups in total. The van der Waals surface area contributed by atoms with Crippen LogP contribution >= 0.6 is 12.4 Å². The zero-order valence-corrected chi connectivity index (χ0v) is 12.2. The van der Waals surface area contributed by atoms with Gasteiger partial charge in [0.05, 0.1) is 13.7 Å². The Morgan fingerprint density at radius 2 is 1.90 bits per heavy atom. The maximum atomic E-state index is 12.2. The lowest BCUT2D eigenvalue weighted by molar-refractivity contribution is -0.136. The van der Waals surface area contributed by atoms with Gasteiger partial charge < -0.3 is 15.2 Å². The Morgan fingerprint density at radius 1 is 1.25 bits per heavy atom. The van der Waals surface area contributed by atoms with Crippen molar-refractivity contribution >= 4 is 12.4 Å². The van der Waals surface area contributed by atoms with Crippen LogP contribution in [0.25, 0.3) is 0 Å². The minimum absolute atomic E-state index is 0. The van der Waals surface area contributed by atoms with Gasteiger partial charge in [-0.3, -0.25) is 0 Å². The zero-order chi connectivity index (χ0) is 14.5. The normalized spacial score (nSPS) is 12.5. The van der Waals surface area contributed by atoms with Crippen LogP contribution in [0.4, 0.5) is 13.2 Å². The van der Waals surface area contributed by atoms with E-state index in [1.807, 2.05) is 6.92 Å². The number of methoxy groups -OCH3 is 1. The summed E-state index contributed by atoms with van der Waals surface area (Å²) in [5.41, 5.74) is 6.37. The highest BCUT2D eigenvalue weighted by Gasteiger charge is 2.28. The standard InChI is InChI=1S/C13H18F3NO2.ClH/c1-3-19-12-8-9(4-5-11(12)18-2)10(17)6-7-13(14,15)16;/h4-5,8,10H,3,6-7,17H2,1-2H3;1H/t10-;/m1./s1. The van der Waals surface area contributed by atoms with E-state index >= 15 is 0 Å². The quantitative estimate of drug-likeness (QED) is 0.867. The molecule has 1 aromatic rings. The number of hydrogen-bond donors (Lipinski definition) is 1. The van der Waals surface area contributed by atoms with Gasteiger partial charge >= 0.3 is 6.18 Å². The third-order valence-corrected chi connectivity index (χ3v) is 2.65. The van der Waals surface area contributed by atoms with Gasteiger partial charge in [0.15, 0.2) is 11.5 Å². The van der Waals surface area contributed by atoms with Gasteiger partial charge in [-0.15, -0.1) is 12.4 Å². The molecule has 0 unspecified atom stereocenters. The molecule has 0 heterocycles. The first-order valence-electron chi connectivity index (χ1n) is 6.00. The van der Waals surface area contributed by atoms with E-state index < -0.39 is 18.6 Å². The predicted octanol–water partition coefficient (Wildman–Crippen LogP) is 3.86. The maximum absolute atomic E-state index is 12.2. The summed E-state index contributed by atoms with van der Waals surface area (Å²) < 4.78 is 46.9. The van der Waals surface area contributed by atoms with Gasteiger partial charge in [-0.25, -0.2) is 0 Å². The topological polar surface area (TPSA) is 44.5 Å². The Bertz CT molecular complexity index is 413. The van der Waals surface area contributed by atoms with Crippen LogP contribution in [0.5, 0.6) is 11.5 Å². The molecular weight excluding hydrogens is 295 g/mol.